The highest BCUT2D eigenvalue weighted by atomic mass is 32.2. The third kappa shape index (κ3) is 3.86. The van der Waals surface area contributed by atoms with E-state index in [2.05, 4.69) is 5.32 Å². The Balaban J connectivity index is 1.96. The minimum atomic E-state index is -0.223. The smallest absolute Gasteiger partial charge is 0.317 e. The summed E-state index contributed by atoms with van der Waals surface area (Å²) in [6.45, 7) is 2.14. The zero-order valence-electron chi connectivity index (χ0n) is 11.1. The summed E-state index contributed by atoms with van der Waals surface area (Å²) >= 11 is 1.65. The molecule has 1 aliphatic rings. The molecule has 0 radical (unpaired) electrons. The first-order valence-corrected chi connectivity index (χ1v) is 7.89. The summed E-state index contributed by atoms with van der Waals surface area (Å²) in [5, 5.41) is 2.91. The summed E-state index contributed by atoms with van der Waals surface area (Å²) in [6, 6.07) is 4.73. The van der Waals surface area contributed by atoms with Gasteiger partial charge in [0.15, 0.2) is 0 Å². The van der Waals surface area contributed by atoms with Crippen LogP contribution in [-0.4, -0.2) is 30.3 Å². The molecule has 2 amide bonds. The van der Waals surface area contributed by atoms with Crippen LogP contribution in [0.2, 0.25) is 0 Å². The molecule has 0 atom stereocenters. The van der Waals surface area contributed by atoms with E-state index in [0.29, 0.717) is 6.54 Å². The van der Waals surface area contributed by atoms with E-state index in [1.165, 1.54) is 6.07 Å². The van der Waals surface area contributed by atoms with Crippen LogP contribution in [0.4, 0.5) is 9.18 Å². The zero-order valence-corrected chi connectivity index (χ0v) is 11.9. The number of urea groups is 1. The molecule has 1 N–H and O–H groups in total. The highest BCUT2D eigenvalue weighted by Gasteiger charge is 2.17. The maximum atomic E-state index is 13.2. The van der Waals surface area contributed by atoms with Gasteiger partial charge in [0.25, 0.3) is 0 Å². The van der Waals surface area contributed by atoms with Gasteiger partial charge in [0, 0.05) is 25.4 Å². The molecule has 0 aliphatic carbocycles. The van der Waals surface area contributed by atoms with Gasteiger partial charge in [-0.1, -0.05) is 6.07 Å². The average Bonchev–Trinajstić information content (AvgIpc) is 2.92. The maximum absolute atomic E-state index is 13.2. The third-order valence-electron chi connectivity index (χ3n) is 3.29. The number of halogens is 1. The van der Waals surface area contributed by atoms with Crippen LogP contribution in [0.15, 0.2) is 18.2 Å². The van der Waals surface area contributed by atoms with Crippen LogP contribution < -0.4 is 5.32 Å². The van der Waals surface area contributed by atoms with Crippen LogP contribution in [0.5, 0.6) is 0 Å². The van der Waals surface area contributed by atoms with Gasteiger partial charge in [0.2, 0.25) is 0 Å². The molecule has 2 rings (SSSR count). The zero-order chi connectivity index (χ0) is 13.7. The van der Waals surface area contributed by atoms with Crippen LogP contribution in [0.1, 0.15) is 24.0 Å². The molecule has 0 bridgehead atoms. The van der Waals surface area contributed by atoms with E-state index in [1.807, 2.05) is 11.2 Å². The highest BCUT2D eigenvalue weighted by Crippen LogP contribution is 2.17. The maximum Gasteiger partial charge on any atom is 0.317 e. The Kier molecular flexibility index (Phi) is 5.07. The van der Waals surface area contributed by atoms with Crippen molar-refractivity contribution in [3.8, 4) is 0 Å². The number of amides is 2. The fraction of sp³-hybridized carbons (Fsp3) is 0.500. The van der Waals surface area contributed by atoms with Crippen molar-refractivity contribution in [2.75, 3.05) is 19.3 Å². The van der Waals surface area contributed by atoms with Crippen molar-refractivity contribution in [1.29, 1.82) is 0 Å². The average molecular weight is 282 g/mol. The van der Waals surface area contributed by atoms with E-state index in [-0.39, 0.29) is 11.8 Å². The lowest BCUT2D eigenvalue weighted by Crippen LogP contribution is -2.37. The molecule has 3 nitrogen and oxygen atoms in total. The molecule has 1 aromatic rings. The van der Waals surface area contributed by atoms with Crippen molar-refractivity contribution in [2.45, 2.75) is 25.1 Å². The van der Waals surface area contributed by atoms with Gasteiger partial charge in [0.1, 0.15) is 5.82 Å². The molecule has 104 valence electrons. The van der Waals surface area contributed by atoms with Gasteiger partial charge in [0.05, 0.1) is 0 Å². The Morgan fingerprint density at radius 2 is 2.11 bits per heavy atom. The van der Waals surface area contributed by atoms with E-state index < -0.39 is 0 Å². The van der Waals surface area contributed by atoms with Gasteiger partial charge < -0.3 is 10.2 Å². The molecular formula is C14H19FN2OS. The largest absolute Gasteiger partial charge is 0.334 e. The van der Waals surface area contributed by atoms with E-state index in [4.69, 9.17) is 0 Å². The van der Waals surface area contributed by atoms with Crippen LogP contribution in [0, 0.1) is 5.82 Å². The molecule has 0 aromatic heterocycles. The summed E-state index contributed by atoms with van der Waals surface area (Å²) in [5.74, 6) is 0.533. The van der Waals surface area contributed by atoms with Crippen LogP contribution >= 0.6 is 11.8 Å². The number of hydrogen-bond donors (Lipinski definition) is 1. The van der Waals surface area contributed by atoms with Gasteiger partial charge in [-0.3, -0.25) is 0 Å². The van der Waals surface area contributed by atoms with Crippen LogP contribution in [-0.2, 0) is 12.3 Å². The Morgan fingerprint density at radius 3 is 2.79 bits per heavy atom. The normalized spacial score (nSPS) is 14.7. The molecule has 1 aromatic carbocycles. The SMILES string of the molecule is CSCc1cc(F)ccc1CNC(=O)N1CCCC1. The lowest BCUT2D eigenvalue weighted by atomic mass is 10.1. The topological polar surface area (TPSA) is 32.3 Å². The number of likely N-dealkylation sites (tertiary alicyclic amines) is 1. The fourth-order valence-corrected chi connectivity index (χ4v) is 2.84. The first kappa shape index (κ1) is 14.2. The number of hydrogen-bond acceptors (Lipinski definition) is 2. The minimum Gasteiger partial charge on any atom is -0.334 e. The Morgan fingerprint density at radius 1 is 1.37 bits per heavy atom. The van der Waals surface area contributed by atoms with E-state index in [0.717, 1.165) is 42.8 Å². The van der Waals surface area contributed by atoms with Gasteiger partial charge >= 0.3 is 6.03 Å². The molecule has 1 aliphatic heterocycles. The number of benzene rings is 1. The highest BCUT2D eigenvalue weighted by molar-refractivity contribution is 7.97. The Bertz CT molecular complexity index is 447. The first-order valence-electron chi connectivity index (χ1n) is 6.49. The number of carbonyl (C=O) groups is 1. The molecule has 0 spiro atoms. The first-order chi connectivity index (χ1) is 9.20. The second-order valence-electron chi connectivity index (χ2n) is 4.70. The predicted molar refractivity (Wildman–Crippen MR) is 76.7 cm³/mol. The number of rotatable bonds is 4. The molecule has 5 heteroatoms. The Labute approximate surface area is 117 Å². The van der Waals surface area contributed by atoms with Crippen molar-refractivity contribution in [2.24, 2.45) is 0 Å². The van der Waals surface area contributed by atoms with Gasteiger partial charge in [-0.15, -0.1) is 0 Å². The molecule has 0 saturated carbocycles. The number of thioether (sulfide) groups is 1. The van der Waals surface area contributed by atoms with Crippen molar-refractivity contribution in [3.63, 3.8) is 0 Å². The molecule has 0 unspecified atom stereocenters. The lowest BCUT2D eigenvalue weighted by molar-refractivity contribution is 0.208. The van der Waals surface area contributed by atoms with Crippen molar-refractivity contribution in [1.82, 2.24) is 10.2 Å². The summed E-state index contributed by atoms with van der Waals surface area (Å²) in [4.78, 5) is 13.7. The van der Waals surface area contributed by atoms with Crippen LogP contribution in [0.3, 0.4) is 0 Å². The quantitative estimate of drug-likeness (QED) is 0.920. The Hall–Kier alpha value is -1.23. The van der Waals surface area contributed by atoms with E-state index in [1.54, 1.807) is 23.9 Å². The van der Waals surface area contributed by atoms with Crippen molar-refractivity contribution < 1.29 is 9.18 Å². The van der Waals surface area contributed by atoms with E-state index in [9.17, 15) is 9.18 Å². The molecule has 1 saturated heterocycles. The van der Waals surface area contributed by atoms with Crippen molar-refractivity contribution >= 4 is 17.8 Å². The summed E-state index contributed by atoms with van der Waals surface area (Å²) < 4.78 is 13.2. The lowest BCUT2D eigenvalue weighted by Gasteiger charge is -2.17. The van der Waals surface area contributed by atoms with Crippen molar-refractivity contribution in [3.05, 3.63) is 35.1 Å². The summed E-state index contributed by atoms with van der Waals surface area (Å²) in [7, 11) is 0. The monoisotopic (exact) mass is 282 g/mol. The summed E-state index contributed by atoms with van der Waals surface area (Å²) in [5.41, 5.74) is 1.94. The molecule has 1 heterocycles. The third-order valence-corrected chi connectivity index (χ3v) is 3.89. The van der Waals surface area contributed by atoms with E-state index >= 15 is 0 Å². The predicted octanol–water partition coefficient (Wildman–Crippen LogP) is 2.99. The summed E-state index contributed by atoms with van der Waals surface area (Å²) in [6.07, 6.45) is 4.15. The minimum absolute atomic E-state index is 0.0167. The standard InChI is InChI=1S/C14H19FN2OS/c1-19-10-12-8-13(15)5-4-11(12)9-16-14(18)17-6-2-3-7-17/h4-5,8H,2-3,6-7,9-10H2,1H3,(H,16,18). The molecular weight excluding hydrogens is 263 g/mol. The number of nitrogens with one attached hydrogen (secondary N) is 1. The number of nitrogens with zero attached hydrogens (tertiary/aromatic N) is 1. The number of carbonyl (C=O) groups excluding carboxylic acids is 1. The fourth-order valence-electron chi connectivity index (χ4n) is 2.26. The second kappa shape index (κ2) is 6.80. The van der Waals surface area contributed by atoms with Gasteiger partial charge in [-0.05, 0) is 42.4 Å². The van der Waals surface area contributed by atoms with Gasteiger partial charge in [-0.25, -0.2) is 9.18 Å². The van der Waals surface area contributed by atoms with Gasteiger partial charge in [-0.2, -0.15) is 11.8 Å². The molecule has 19 heavy (non-hydrogen) atoms. The van der Waals surface area contributed by atoms with Crippen LogP contribution in [0.25, 0.3) is 0 Å². The second-order valence-corrected chi connectivity index (χ2v) is 5.56. The molecule has 1 fully saturated rings.